The molecule has 1 aromatic carbocycles. The van der Waals surface area contributed by atoms with E-state index in [1.165, 1.54) is 18.2 Å². The number of anilines is 1. The molecule has 0 aliphatic carbocycles. The lowest BCUT2D eigenvalue weighted by molar-refractivity contribution is -0.136. The highest BCUT2D eigenvalue weighted by atomic mass is 16.5. The van der Waals surface area contributed by atoms with Gasteiger partial charge in [-0.1, -0.05) is 101 Å². The van der Waals surface area contributed by atoms with Crippen molar-refractivity contribution >= 4 is 23.5 Å². The van der Waals surface area contributed by atoms with E-state index in [-0.39, 0.29) is 23.1 Å². The Kier molecular flexibility index (Phi) is 22.6. The zero-order valence-electron chi connectivity index (χ0n) is 28.7. The third-order valence-corrected chi connectivity index (χ3v) is 6.93. The quantitative estimate of drug-likeness (QED) is 0.0504. The molecule has 8 heteroatoms. The molecule has 1 rings (SSSR count). The number of rotatable bonds is 24. The lowest BCUT2D eigenvalue weighted by Crippen LogP contribution is -2.48. The number of hydrogen-bond acceptors (Lipinski definition) is 5. The molecule has 258 valence electrons. The minimum absolute atomic E-state index is 0.114. The number of unbranched alkanes of at least 4 members (excludes halogenated alkanes) is 1. The second-order valence-corrected chi connectivity index (χ2v) is 11.5. The minimum Gasteiger partial charge on any atom is -0.507 e. The smallest absolute Gasteiger partial charge is 0.339 e. The summed E-state index contributed by atoms with van der Waals surface area (Å²) in [5.74, 6) is -2.43. The number of amides is 2. The van der Waals surface area contributed by atoms with Crippen molar-refractivity contribution in [3.05, 3.63) is 96.7 Å². The van der Waals surface area contributed by atoms with Crippen LogP contribution in [0.4, 0.5) is 5.69 Å². The summed E-state index contributed by atoms with van der Waals surface area (Å²) in [5, 5.41) is 24.4. The van der Waals surface area contributed by atoms with Gasteiger partial charge in [-0.3, -0.25) is 9.59 Å². The molecule has 1 aromatic rings. The van der Waals surface area contributed by atoms with Crippen LogP contribution in [-0.4, -0.2) is 46.7 Å². The molecule has 0 aliphatic heterocycles. The molecule has 0 heterocycles. The zero-order chi connectivity index (χ0) is 34.7. The van der Waals surface area contributed by atoms with Gasteiger partial charge in [0.1, 0.15) is 23.5 Å². The molecule has 47 heavy (non-hydrogen) atoms. The number of carboxylic acids is 1. The highest BCUT2D eigenvalue weighted by Gasteiger charge is 2.26. The van der Waals surface area contributed by atoms with Crippen LogP contribution >= 0.6 is 0 Å². The average Bonchev–Trinajstić information content (AvgIpc) is 3.03. The summed E-state index contributed by atoms with van der Waals surface area (Å²) in [5.41, 5.74) is -0.110. The summed E-state index contributed by atoms with van der Waals surface area (Å²) in [7, 11) is 0. The van der Waals surface area contributed by atoms with E-state index in [0.29, 0.717) is 19.4 Å². The zero-order valence-corrected chi connectivity index (χ0v) is 28.7. The fourth-order valence-electron chi connectivity index (χ4n) is 4.43. The number of carbonyl (C=O) groups is 3. The van der Waals surface area contributed by atoms with Crippen LogP contribution in [-0.2, 0) is 14.3 Å². The lowest BCUT2D eigenvalue weighted by atomic mass is 10.0. The summed E-state index contributed by atoms with van der Waals surface area (Å²) in [6.07, 6.45) is 33.7. The average molecular weight is 649 g/mol. The van der Waals surface area contributed by atoms with E-state index in [4.69, 9.17) is 4.74 Å². The molecule has 2 amide bonds. The van der Waals surface area contributed by atoms with Gasteiger partial charge in [0, 0.05) is 12.3 Å². The Labute approximate surface area is 282 Å². The molecule has 0 aromatic heterocycles. The molecular weight excluding hydrogens is 592 g/mol. The van der Waals surface area contributed by atoms with Crippen molar-refractivity contribution in [2.45, 2.75) is 104 Å². The number of carbonyl (C=O) groups excluding carboxylic acids is 2. The van der Waals surface area contributed by atoms with E-state index in [1.54, 1.807) is 0 Å². The van der Waals surface area contributed by atoms with Crippen molar-refractivity contribution in [2.24, 2.45) is 5.92 Å². The molecule has 8 nitrogen and oxygen atoms in total. The molecule has 0 spiro atoms. The summed E-state index contributed by atoms with van der Waals surface area (Å²) >= 11 is 0. The minimum atomic E-state index is -1.31. The molecule has 0 bridgehead atoms. The highest BCUT2D eigenvalue weighted by molar-refractivity contribution is 5.99. The number of aromatic hydroxyl groups is 1. The standard InChI is InChI=1S/C39H56N2O6/c1-5-7-8-9-10-11-12-13-14-15-16-17-18-19-20-21-22-23-24-25-28-47-36(6-2)38(44)41-34(29-31(3)4)37(43)40-32-26-27-35(42)33(30-32)39(45)46/h7-8,10-11,13-14,16-17,19-20,22-23,26-27,30-31,34,36,42H,5-6,9,12,15,18,21,24-25,28-29H2,1-4H3,(H,40,43)(H,41,44)(H,45,46)/b8-7-,11-10-,14-13-,17-16-,20-19-,23-22-. The van der Waals surface area contributed by atoms with Gasteiger partial charge in [0.05, 0.1) is 0 Å². The first-order chi connectivity index (χ1) is 22.7. The van der Waals surface area contributed by atoms with Gasteiger partial charge in [-0.25, -0.2) is 4.79 Å². The van der Waals surface area contributed by atoms with Crippen molar-refractivity contribution in [3.8, 4) is 5.75 Å². The molecule has 0 saturated heterocycles. The molecule has 0 aliphatic rings. The SMILES string of the molecule is CC/C=C\C/C=C\C/C=C\C/C=C\C/C=C\C/C=C\CCCOC(CC)C(=O)NC(CC(C)C)C(=O)Nc1ccc(O)c(C(=O)O)c1. The van der Waals surface area contributed by atoms with Gasteiger partial charge >= 0.3 is 5.97 Å². The number of carboxylic acid groups (broad SMARTS) is 1. The second kappa shape index (κ2) is 26.0. The molecule has 4 N–H and O–H groups in total. The second-order valence-electron chi connectivity index (χ2n) is 11.5. The number of ether oxygens (including phenoxy) is 1. The highest BCUT2D eigenvalue weighted by Crippen LogP contribution is 2.22. The Morgan fingerprint density at radius 2 is 1.32 bits per heavy atom. The molecular formula is C39H56N2O6. The van der Waals surface area contributed by atoms with Gasteiger partial charge in [-0.15, -0.1) is 0 Å². The van der Waals surface area contributed by atoms with Crippen LogP contribution in [0.1, 0.15) is 102 Å². The normalized spacial score (nSPS) is 13.6. The van der Waals surface area contributed by atoms with Crippen molar-refractivity contribution < 1.29 is 29.3 Å². The van der Waals surface area contributed by atoms with Crippen LogP contribution in [0.3, 0.4) is 0 Å². The van der Waals surface area contributed by atoms with Crippen LogP contribution in [0.15, 0.2) is 91.1 Å². The fourth-order valence-corrected chi connectivity index (χ4v) is 4.43. The maximum absolute atomic E-state index is 13.0. The van der Waals surface area contributed by atoms with Gasteiger partial charge in [0.2, 0.25) is 11.8 Å². The number of nitrogens with one attached hydrogen (secondary N) is 2. The summed E-state index contributed by atoms with van der Waals surface area (Å²) in [6.45, 7) is 8.31. The van der Waals surface area contributed by atoms with E-state index in [0.717, 1.165) is 51.4 Å². The molecule has 0 saturated carbocycles. The van der Waals surface area contributed by atoms with Gasteiger partial charge in [-0.2, -0.15) is 0 Å². The molecule has 2 atom stereocenters. The Balaban J connectivity index is 2.35. The lowest BCUT2D eigenvalue weighted by Gasteiger charge is -2.23. The summed E-state index contributed by atoms with van der Waals surface area (Å²) in [6, 6.07) is 2.96. The number of benzene rings is 1. The first-order valence-electron chi connectivity index (χ1n) is 16.9. The van der Waals surface area contributed by atoms with Gasteiger partial charge in [-0.05, 0) is 88.3 Å². The Morgan fingerprint density at radius 1 is 0.787 bits per heavy atom. The van der Waals surface area contributed by atoms with Crippen LogP contribution < -0.4 is 10.6 Å². The number of aromatic carboxylic acids is 1. The molecule has 0 radical (unpaired) electrons. The van der Waals surface area contributed by atoms with Crippen LogP contribution in [0.5, 0.6) is 5.75 Å². The maximum Gasteiger partial charge on any atom is 0.339 e. The third kappa shape index (κ3) is 19.8. The fraction of sp³-hybridized carbons (Fsp3) is 0.462. The Hall–Kier alpha value is -4.17. The van der Waals surface area contributed by atoms with Gasteiger partial charge < -0.3 is 25.6 Å². The van der Waals surface area contributed by atoms with Gasteiger partial charge in [0.15, 0.2) is 0 Å². The van der Waals surface area contributed by atoms with E-state index in [2.05, 4.69) is 90.5 Å². The van der Waals surface area contributed by atoms with Crippen molar-refractivity contribution in [3.63, 3.8) is 0 Å². The third-order valence-electron chi connectivity index (χ3n) is 6.93. The van der Waals surface area contributed by atoms with Crippen LogP contribution in [0.25, 0.3) is 0 Å². The van der Waals surface area contributed by atoms with Crippen molar-refractivity contribution in [1.82, 2.24) is 5.32 Å². The van der Waals surface area contributed by atoms with E-state index in [1.807, 2.05) is 20.8 Å². The van der Waals surface area contributed by atoms with Crippen LogP contribution in [0, 0.1) is 5.92 Å². The van der Waals surface area contributed by atoms with Crippen molar-refractivity contribution in [2.75, 3.05) is 11.9 Å². The maximum atomic E-state index is 13.0. The topological polar surface area (TPSA) is 125 Å². The Bertz CT molecular complexity index is 1240. The molecule has 0 fully saturated rings. The number of hydrogen-bond donors (Lipinski definition) is 4. The first-order valence-corrected chi connectivity index (χ1v) is 16.9. The van der Waals surface area contributed by atoms with E-state index in [9.17, 15) is 24.6 Å². The van der Waals surface area contributed by atoms with Crippen molar-refractivity contribution in [1.29, 1.82) is 0 Å². The Morgan fingerprint density at radius 3 is 1.81 bits per heavy atom. The monoisotopic (exact) mass is 648 g/mol. The van der Waals surface area contributed by atoms with Crippen LogP contribution in [0.2, 0.25) is 0 Å². The first kappa shape index (κ1) is 40.9. The van der Waals surface area contributed by atoms with E-state index < -0.39 is 29.8 Å². The largest absolute Gasteiger partial charge is 0.507 e. The molecule has 2 unspecified atom stereocenters. The summed E-state index contributed by atoms with van der Waals surface area (Å²) in [4.78, 5) is 37.3. The predicted octanol–water partition coefficient (Wildman–Crippen LogP) is 8.83. The van der Waals surface area contributed by atoms with Gasteiger partial charge in [0.25, 0.3) is 0 Å². The summed E-state index contributed by atoms with van der Waals surface area (Å²) < 4.78 is 5.85. The number of phenols is 1. The predicted molar refractivity (Wildman–Crippen MR) is 193 cm³/mol. The number of allylic oxidation sites excluding steroid dienone is 12. The van der Waals surface area contributed by atoms with E-state index >= 15 is 0 Å².